The minimum Gasteiger partial charge on any atom is -0.378 e. The first-order valence-electron chi connectivity index (χ1n) is 6.31. The minimum absolute atomic E-state index is 0.441. The number of nitrogens with zero attached hydrogens (tertiary/aromatic N) is 2. The van der Waals surface area contributed by atoms with Crippen molar-refractivity contribution in [2.75, 3.05) is 19.0 Å². The average molecular weight is 483 g/mol. The zero-order chi connectivity index (χ0) is 15.4. The molecule has 2 rings (SSSR count). The Morgan fingerprint density at radius 2 is 2.14 bits per heavy atom. The lowest BCUT2D eigenvalue weighted by Gasteiger charge is -2.12. The molecule has 1 aromatic heterocycles. The van der Waals surface area contributed by atoms with E-state index < -0.39 is 0 Å². The highest BCUT2D eigenvalue weighted by Gasteiger charge is 2.13. The molecule has 0 saturated carbocycles. The predicted octanol–water partition coefficient (Wildman–Crippen LogP) is 4.74. The lowest BCUT2D eigenvalue weighted by molar-refractivity contribution is 0.181. The fraction of sp³-hybridized carbons (Fsp3) is 0.286. The van der Waals surface area contributed by atoms with Crippen LogP contribution in [0.25, 0.3) is 11.4 Å². The Morgan fingerprint density at radius 1 is 1.38 bits per heavy atom. The Kier molecular flexibility index (Phi) is 6.21. The van der Waals surface area contributed by atoms with Crippen molar-refractivity contribution in [2.45, 2.75) is 13.5 Å². The molecule has 7 heteroatoms. The van der Waals surface area contributed by atoms with Gasteiger partial charge in [0.25, 0.3) is 0 Å². The van der Waals surface area contributed by atoms with Crippen LogP contribution >= 0.6 is 50.1 Å². The molecule has 2 aromatic rings. The molecule has 1 aromatic carbocycles. The Labute approximate surface area is 150 Å². The van der Waals surface area contributed by atoms with Crippen LogP contribution in [0, 0.1) is 3.57 Å². The van der Waals surface area contributed by atoms with Crippen LogP contribution in [0.2, 0.25) is 5.02 Å². The first-order valence-corrected chi connectivity index (χ1v) is 8.56. The Bertz CT molecular complexity index is 627. The van der Waals surface area contributed by atoms with E-state index in [1.54, 1.807) is 7.11 Å². The molecule has 0 fully saturated rings. The largest absolute Gasteiger partial charge is 0.378 e. The SMILES string of the molecule is CCNc1nc(-c2ccc(Br)c(Cl)c2)nc(COC)c1I. The summed E-state index contributed by atoms with van der Waals surface area (Å²) in [7, 11) is 1.65. The molecule has 0 saturated heterocycles. The van der Waals surface area contributed by atoms with Gasteiger partial charge in [0.2, 0.25) is 0 Å². The van der Waals surface area contributed by atoms with Crippen LogP contribution in [0.4, 0.5) is 5.82 Å². The van der Waals surface area contributed by atoms with Crippen molar-refractivity contribution in [3.8, 4) is 11.4 Å². The summed E-state index contributed by atoms with van der Waals surface area (Å²) < 4.78 is 7.04. The number of hydrogen-bond acceptors (Lipinski definition) is 4. The van der Waals surface area contributed by atoms with E-state index in [0.29, 0.717) is 17.5 Å². The lowest BCUT2D eigenvalue weighted by atomic mass is 10.2. The maximum atomic E-state index is 6.15. The summed E-state index contributed by atoms with van der Waals surface area (Å²) in [5, 5.41) is 3.89. The van der Waals surface area contributed by atoms with Gasteiger partial charge in [-0.2, -0.15) is 0 Å². The van der Waals surface area contributed by atoms with Crippen LogP contribution in [-0.2, 0) is 11.3 Å². The molecule has 112 valence electrons. The van der Waals surface area contributed by atoms with Crippen molar-refractivity contribution < 1.29 is 4.74 Å². The summed E-state index contributed by atoms with van der Waals surface area (Å²) in [5.41, 5.74) is 1.73. The second-order valence-corrected chi connectivity index (χ2v) is 6.59. The number of methoxy groups -OCH3 is 1. The van der Waals surface area contributed by atoms with Gasteiger partial charge in [0.1, 0.15) is 5.82 Å². The van der Waals surface area contributed by atoms with E-state index in [1.165, 1.54) is 0 Å². The molecule has 0 spiro atoms. The van der Waals surface area contributed by atoms with Crippen LogP contribution in [0.15, 0.2) is 22.7 Å². The zero-order valence-electron chi connectivity index (χ0n) is 11.6. The summed E-state index contributed by atoms with van der Waals surface area (Å²) in [6, 6.07) is 5.67. The maximum absolute atomic E-state index is 6.15. The molecule has 1 N–H and O–H groups in total. The van der Waals surface area contributed by atoms with E-state index in [0.717, 1.165) is 31.7 Å². The van der Waals surface area contributed by atoms with Gasteiger partial charge < -0.3 is 10.1 Å². The van der Waals surface area contributed by atoms with Crippen molar-refractivity contribution in [1.82, 2.24) is 9.97 Å². The highest BCUT2D eigenvalue weighted by molar-refractivity contribution is 14.1. The minimum atomic E-state index is 0.441. The second-order valence-electron chi connectivity index (χ2n) is 4.25. The summed E-state index contributed by atoms with van der Waals surface area (Å²) in [6.45, 7) is 3.26. The van der Waals surface area contributed by atoms with Crippen molar-refractivity contribution in [2.24, 2.45) is 0 Å². The number of rotatable bonds is 5. The maximum Gasteiger partial charge on any atom is 0.161 e. The monoisotopic (exact) mass is 481 g/mol. The fourth-order valence-electron chi connectivity index (χ4n) is 1.77. The highest BCUT2D eigenvalue weighted by atomic mass is 127. The van der Waals surface area contributed by atoms with Crippen molar-refractivity contribution in [1.29, 1.82) is 0 Å². The van der Waals surface area contributed by atoms with E-state index in [1.807, 2.05) is 25.1 Å². The number of benzene rings is 1. The third-order valence-electron chi connectivity index (χ3n) is 2.72. The van der Waals surface area contributed by atoms with E-state index in [9.17, 15) is 0 Å². The van der Waals surface area contributed by atoms with Crippen LogP contribution in [0.1, 0.15) is 12.6 Å². The molecule has 0 aliphatic carbocycles. The van der Waals surface area contributed by atoms with Crippen LogP contribution in [0.3, 0.4) is 0 Å². The quantitative estimate of drug-likeness (QED) is 0.626. The molecule has 0 atom stereocenters. The van der Waals surface area contributed by atoms with Crippen LogP contribution in [-0.4, -0.2) is 23.6 Å². The van der Waals surface area contributed by atoms with Gasteiger partial charge in [0, 0.05) is 23.7 Å². The van der Waals surface area contributed by atoms with Gasteiger partial charge in [0.05, 0.1) is 20.9 Å². The van der Waals surface area contributed by atoms with Crippen molar-refractivity contribution in [3.63, 3.8) is 0 Å². The summed E-state index contributed by atoms with van der Waals surface area (Å²) in [4.78, 5) is 9.18. The number of aromatic nitrogens is 2. The second kappa shape index (κ2) is 7.71. The molecule has 0 unspecified atom stereocenters. The lowest BCUT2D eigenvalue weighted by Crippen LogP contribution is -2.08. The Hall–Kier alpha value is -0.440. The van der Waals surface area contributed by atoms with Gasteiger partial charge in [-0.1, -0.05) is 11.6 Å². The third kappa shape index (κ3) is 4.06. The molecule has 0 amide bonds. The van der Waals surface area contributed by atoms with Crippen molar-refractivity contribution in [3.05, 3.63) is 37.0 Å². The van der Waals surface area contributed by atoms with E-state index in [-0.39, 0.29) is 0 Å². The molecule has 4 nitrogen and oxygen atoms in total. The predicted molar refractivity (Wildman–Crippen MR) is 97.8 cm³/mol. The number of nitrogens with one attached hydrogen (secondary N) is 1. The summed E-state index contributed by atoms with van der Waals surface area (Å²) in [5.74, 6) is 1.45. The topological polar surface area (TPSA) is 47.0 Å². The van der Waals surface area contributed by atoms with E-state index in [2.05, 4.69) is 53.8 Å². The van der Waals surface area contributed by atoms with E-state index >= 15 is 0 Å². The first-order chi connectivity index (χ1) is 10.1. The van der Waals surface area contributed by atoms with Gasteiger partial charge in [-0.3, -0.25) is 0 Å². The molecule has 21 heavy (non-hydrogen) atoms. The molecule has 0 radical (unpaired) electrons. The molecule has 1 heterocycles. The van der Waals surface area contributed by atoms with Crippen LogP contribution < -0.4 is 5.32 Å². The van der Waals surface area contributed by atoms with Gasteiger partial charge in [-0.25, -0.2) is 9.97 Å². The number of halogens is 3. The van der Waals surface area contributed by atoms with E-state index in [4.69, 9.17) is 16.3 Å². The van der Waals surface area contributed by atoms with Crippen LogP contribution in [0.5, 0.6) is 0 Å². The standard InChI is InChI=1S/C14H14BrClIN3O/c1-3-18-14-12(17)11(7-21-2)19-13(20-14)8-4-5-9(15)10(16)6-8/h4-6H,3,7H2,1-2H3,(H,18,19,20). The van der Waals surface area contributed by atoms with Gasteiger partial charge in [-0.15, -0.1) is 0 Å². The Morgan fingerprint density at radius 3 is 2.76 bits per heavy atom. The number of anilines is 1. The van der Waals surface area contributed by atoms with Gasteiger partial charge in [0.15, 0.2) is 5.82 Å². The normalized spacial score (nSPS) is 10.7. The molecule has 0 aliphatic rings. The average Bonchev–Trinajstić information content (AvgIpc) is 2.46. The Balaban J connectivity index is 2.53. The van der Waals surface area contributed by atoms with Gasteiger partial charge in [-0.05, 0) is 63.6 Å². The smallest absolute Gasteiger partial charge is 0.161 e. The molecular weight excluding hydrogens is 468 g/mol. The number of ether oxygens (including phenoxy) is 1. The zero-order valence-corrected chi connectivity index (χ0v) is 16.1. The molecule has 0 bridgehead atoms. The molecule has 0 aliphatic heterocycles. The highest BCUT2D eigenvalue weighted by Crippen LogP contribution is 2.29. The summed E-state index contributed by atoms with van der Waals surface area (Å²) >= 11 is 11.8. The molecular formula is C14H14BrClIN3O. The first kappa shape index (κ1) is 16.9. The van der Waals surface area contributed by atoms with Gasteiger partial charge >= 0.3 is 0 Å². The fourth-order valence-corrected chi connectivity index (χ4v) is 2.79. The number of hydrogen-bond donors (Lipinski definition) is 1. The van der Waals surface area contributed by atoms with Crippen molar-refractivity contribution >= 4 is 55.9 Å². The summed E-state index contributed by atoms with van der Waals surface area (Å²) in [6.07, 6.45) is 0. The third-order valence-corrected chi connectivity index (χ3v) is 5.09.